The van der Waals surface area contributed by atoms with Gasteiger partial charge in [0.15, 0.2) is 0 Å². The van der Waals surface area contributed by atoms with Gasteiger partial charge in [0.2, 0.25) is 5.78 Å². The summed E-state index contributed by atoms with van der Waals surface area (Å²) in [5.74, 6) is -0.676. The van der Waals surface area contributed by atoms with Crippen molar-refractivity contribution in [3.63, 3.8) is 0 Å². The molecule has 2 aromatic rings. The Morgan fingerprint density at radius 2 is 1.83 bits per heavy atom. The first kappa shape index (κ1) is 15.0. The molecule has 1 aliphatic heterocycles. The fraction of sp³-hybridized carbons (Fsp3) is 0.158. The summed E-state index contributed by atoms with van der Waals surface area (Å²) in [6.07, 6.45) is 1.56. The van der Waals surface area contributed by atoms with Crippen LogP contribution in [0, 0.1) is 0 Å². The summed E-state index contributed by atoms with van der Waals surface area (Å²) in [6.45, 7) is 3.72. The molecule has 0 radical (unpaired) electrons. The number of carbonyl (C=O) groups excluding carboxylic acids is 2. The molecule has 0 amide bonds. The van der Waals surface area contributed by atoms with Crippen LogP contribution in [0.15, 0.2) is 67.3 Å². The normalized spacial score (nSPS) is 18.9. The lowest BCUT2D eigenvalue weighted by molar-refractivity contribution is -0.158. The lowest BCUT2D eigenvalue weighted by Crippen LogP contribution is -2.48. The molecule has 0 saturated carbocycles. The van der Waals surface area contributed by atoms with Crippen LogP contribution in [0.4, 0.5) is 0 Å². The molecule has 2 aromatic carbocycles. The number of carbonyl (C=O) groups is 2. The average Bonchev–Trinajstić information content (AvgIpc) is 2.88. The standard InChI is InChI=1S/C19H16O4/c1-2-12-19(17(20)15-10-6-7-11-16(15)23-19)18(21)22-13-14-8-4-3-5-9-14/h2-11H,1,12-13H2. The first-order chi connectivity index (χ1) is 11.2. The number of rotatable bonds is 5. The van der Waals surface area contributed by atoms with Crippen molar-refractivity contribution < 1.29 is 19.1 Å². The van der Waals surface area contributed by atoms with E-state index in [2.05, 4.69) is 6.58 Å². The third-order valence-electron chi connectivity index (χ3n) is 3.76. The lowest BCUT2D eigenvalue weighted by Gasteiger charge is -2.23. The molecule has 0 N–H and O–H groups in total. The monoisotopic (exact) mass is 308 g/mol. The van der Waals surface area contributed by atoms with Gasteiger partial charge in [0.1, 0.15) is 12.4 Å². The molecule has 3 rings (SSSR count). The summed E-state index contributed by atoms with van der Waals surface area (Å²) in [5.41, 5.74) is -0.427. The van der Waals surface area contributed by atoms with Crippen LogP contribution in [0.2, 0.25) is 0 Å². The van der Waals surface area contributed by atoms with Crippen LogP contribution in [0.1, 0.15) is 22.3 Å². The first-order valence-corrected chi connectivity index (χ1v) is 7.32. The summed E-state index contributed by atoms with van der Waals surface area (Å²) in [7, 11) is 0. The van der Waals surface area contributed by atoms with Crippen LogP contribution in [0.25, 0.3) is 0 Å². The molecule has 0 saturated heterocycles. The average molecular weight is 308 g/mol. The summed E-state index contributed by atoms with van der Waals surface area (Å²) >= 11 is 0. The summed E-state index contributed by atoms with van der Waals surface area (Å²) in [4.78, 5) is 25.3. The molecule has 0 aromatic heterocycles. The number of benzene rings is 2. The van der Waals surface area contributed by atoms with Crippen LogP contribution in [0.3, 0.4) is 0 Å². The summed E-state index contributed by atoms with van der Waals surface area (Å²) < 4.78 is 11.0. The summed E-state index contributed by atoms with van der Waals surface area (Å²) in [5, 5.41) is 0. The summed E-state index contributed by atoms with van der Waals surface area (Å²) in [6, 6.07) is 16.1. The number of para-hydroxylation sites is 1. The van der Waals surface area contributed by atoms with E-state index in [9.17, 15) is 9.59 Å². The number of fused-ring (bicyclic) bond motifs is 1. The van der Waals surface area contributed by atoms with Gasteiger partial charge in [-0.2, -0.15) is 0 Å². The molecule has 0 aliphatic carbocycles. The van der Waals surface area contributed by atoms with Gasteiger partial charge in [0, 0.05) is 6.42 Å². The van der Waals surface area contributed by atoms with Gasteiger partial charge in [-0.3, -0.25) is 4.79 Å². The maximum atomic E-state index is 12.7. The Morgan fingerprint density at radius 1 is 1.13 bits per heavy atom. The Hall–Kier alpha value is -2.88. The van der Waals surface area contributed by atoms with Crippen molar-refractivity contribution in [1.29, 1.82) is 0 Å². The number of hydrogen-bond donors (Lipinski definition) is 0. The van der Waals surface area contributed by atoms with Gasteiger partial charge in [-0.15, -0.1) is 6.58 Å². The van der Waals surface area contributed by atoms with E-state index in [1.807, 2.05) is 30.3 Å². The van der Waals surface area contributed by atoms with Gasteiger partial charge >= 0.3 is 5.97 Å². The molecule has 116 valence electrons. The molecule has 4 nitrogen and oxygen atoms in total. The van der Waals surface area contributed by atoms with E-state index in [1.54, 1.807) is 24.3 Å². The molecule has 1 atom stereocenters. The van der Waals surface area contributed by atoms with Gasteiger partial charge in [-0.05, 0) is 17.7 Å². The van der Waals surface area contributed by atoms with Crippen molar-refractivity contribution in [3.8, 4) is 5.75 Å². The molecule has 1 aliphatic rings. The third kappa shape index (κ3) is 2.63. The maximum absolute atomic E-state index is 12.7. The van der Waals surface area contributed by atoms with Gasteiger partial charge in [-0.25, -0.2) is 4.79 Å². The Balaban J connectivity index is 1.83. The molecule has 0 bridgehead atoms. The molecule has 0 spiro atoms. The third-order valence-corrected chi connectivity index (χ3v) is 3.76. The van der Waals surface area contributed by atoms with E-state index in [0.29, 0.717) is 11.3 Å². The van der Waals surface area contributed by atoms with E-state index in [1.165, 1.54) is 6.08 Å². The first-order valence-electron chi connectivity index (χ1n) is 7.32. The smallest absolute Gasteiger partial charge is 0.359 e. The lowest BCUT2D eigenvalue weighted by atomic mass is 9.92. The van der Waals surface area contributed by atoms with Crippen LogP contribution < -0.4 is 4.74 Å². The zero-order valence-corrected chi connectivity index (χ0v) is 12.5. The topological polar surface area (TPSA) is 52.6 Å². The minimum atomic E-state index is -1.67. The Labute approximate surface area is 134 Å². The highest BCUT2D eigenvalue weighted by molar-refractivity contribution is 6.19. The van der Waals surface area contributed by atoms with Crippen molar-refractivity contribution in [1.82, 2.24) is 0 Å². The Kier molecular flexibility index (Phi) is 3.98. The largest absolute Gasteiger partial charge is 0.466 e. The van der Waals surface area contributed by atoms with Gasteiger partial charge in [-0.1, -0.05) is 48.5 Å². The predicted octanol–water partition coefficient (Wildman–Crippen LogP) is 3.32. The second-order valence-corrected chi connectivity index (χ2v) is 5.31. The van der Waals surface area contributed by atoms with Crippen molar-refractivity contribution >= 4 is 11.8 Å². The van der Waals surface area contributed by atoms with E-state index < -0.39 is 11.6 Å². The molecule has 0 fully saturated rings. The molecular formula is C19H16O4. The highest BCUT2D eigenvalue weighted by atomic mass is 16.6. The minimum absolute atomic E-state index is 0.0636. The van der Waals surface area contributed by atoms with Crippen LogP contribution in [-0.4, -0.2) is 17.4 Å². The molecule has 1 unspecified atom stereocenters. The maximum Gasteiger partial charge on any atom is 0.359 e. The van der Waals surface area contributed by atoms with E-state index in [0.717, 1.165) is 5.56 Å². The molecule has 23 heavy (non-hydrogen) atoms. The fourth-order valence-corrected chi connectivity index (χ4v) is 2.59. The van der Waals surface area contributed by atoms with Gasteiger partial charge in [0.25, 0.3) is 5.60 Å². The van der Waals surface area contributed by atoms with Crippen LogP contribution in [0.5, 0.6) is 5.75 Å². The predicted molar refractivity (Wildman–Crippen MR) is 85.2 cm³/mol. The second-order valence-electron chi connectivity index (χ2n) is 5.31. The quantitative estimate of drug-likeness (QED) is 0.483. The number of hydrogen-bond acceptors (Lipinski definition) is 4. The molecular weight excluding hydrogens is 292 g/mol. The molecule has 1 heterocycles. The number of ketones is 1. The second kappa shape index (κ2) is 6.08. The SMILES string of the molecule is C=CCC1(C(=O)OCc2ccccc2)Oc2ccccc2C1=O. The number of ether oxygens (including phenoxy) is 2. The molecule has 4 heteroatoms. The van der Waals surface area contributed by atoms with Crippen molar-refractivity contribution in [2.75, 3.05) is 0 Å². The number of Topliss-reactive ketones (excluding diaryl/α,β-unsaturated/α-hetero) is 1. The van der Waals surface area contributed by atoms with Crippen molar-refractivity contribution in [2.45, 2.75) is 18.6 Å². The van der Waals surface area contributed by atoms with Gasteiger partial charge in [0.05, 0.1) is 5.56 Å². The Bertz CT molecular complexity index is 751. The number of esters is 1. The van der Waals surface area contributed by atoms with Crippen molar-refractivity contribution in [3.05, 3.63) is 78.4 Å². The highest BCUT2D eigenvalue weighted by Gasteiger charge is 2.54. The fourth-order valence-electron chi connectivity index (χ4n) is 2.59. The van der Waals surface area contributed by atoms with Gasteiger partial charge < -0.3 is 9.47 Å². The van der Waals surface area contributed by atoms with E-state index >= 15 is 0 Å². The van der Waals surface area contributed by atoms with Crippen LogP contribution >= 0.6 is 0 Å². The van der Waals surface area contributed by atoms with Crippen LogP contribution in [-0.2, 0) is 16.1 Å². The minimum Gasteiger partial charge on any atom is -0.466 e. The van der Waals surface area contributed by atoms with Crippen molar-refractivity contribution in [2.24, 2.45) is 0 Å². The van der Waals surface area contributed by atoms with E-state index in [4.69, 9.17) is 9.47 Å². The zero-order chi connectivity index (χ0) is 16.3. The highest BCUT2D eigenvalue weighted by Crippen LogP contribution is 2.38. The zero-order valence-electron chi connectivity index (χ0n) is 12.5. The Morgan fingerprint density at radius 3 is 2.52 bits per heavy atom. The van der Waals surface area contributed by atoms with E-state index in [-0.39, 0.29) is 18.8 Å².